The Hall–Kier alpha value is -3.65. The van der Waals surface area contributed by atoms with Crippen LogP contribution in [-0.2, 0) is 0 Å². The lowest BCUT2D eigenvalue weighted by atomic mass is 10.0. The van der Waals surface area contributed by atoms with E-state index in [1.807, 2.05) is 24.3 Å². The van der Waals surface area contributed by atoms with E-state index >= 15 is 0 Å². The molecule has 6 nitrogen and oxygen atoms in total. The highest BCUT2D eigenvalue weighted by Gasteiger charge is 2.17. The monoisotopic (exact) mass is 461 g/mol. The Morgan fingerprint density at radius 1 is 0.971 bits per heavy atom. The van der Waals surface area contributed by atoms with Crippen LogP contribution in [0.15, 0.2) is 54.9 Å². The number of aromatic nitrogens is 3. The first-order valence-electron chi connectivity index (χ1n) is 11.4. The van der Waals surface area contributed by atoms with Gasteiger partial charge < -0.3 is 10.1 Å². The molecule has 0 bridgehead atoms. The van der Waals surface area contributed by atoms with Gasteiger partial charge in [0.05, 0.1) is 0 Å². The molecule has 1 fully saturated rings. The van der Waals surface area contributed by atoms with Crippen LogP contribution in [0.1, 0.15) is 12.8 Å². The van der Waals surface area contributed by atoms with E-state index in [-0.39, 0.29) is 0 Å². The van der Waals surface area contributed by atoms with Gasteiger partial charge in [0.2, 0.25) is 0 Å². The Morgan fingerprint density at radius 2 is 1.82 bits per heavy atom. The number of hydrogen-bond acceptors (Lipinski definition) is 6. The van der Waals surface area contributed by atoms with Crippen LogP contribution in [0.3, 0.4) is 0 Å². The maximum atomic E-state index is 14.0. The molecule has 0 amide bonds. The van der Waals surface area contributed by atoms with Crippen molar-refractivity contribution in [2.45, 2.75) is 12.8 Å². The molecule has 5 rings (SSSR count). The molecule has 4 aromatic rings. The molecule has 3 heterocycles. The first-order valence-corrected chi connectivity index (χ1v) is 11.4. The largest absolute Gasteiger partial charge is 0.490 e. The molecule has 2 aromatic carbocycles. The SMILES string of the molecule is CNc1nc(-c2cccnc2)nc2c(OCCN3CCCC3)cc(-c3ccc(F)c(F)c3)cc12. The minimum Gasteiger partial charge on any atom is -0.490 e. The molecule has 174 valence electrons. The number of anilines is 1. The second-order valence-corrected chi connectivity index (χ2v) is 8.28. The summed E-state index contributed by atoms with van der Waals surface area (Å²) < 4.78 is 33.8. The summed E-state index contributed by atoms with van der Waals surface area (Å²) in [5, 5.41) is 3.87. The maximum Gasteiger partial charge on any atom is 0.163 e. The van der Waals surface area contributed by atoms with Crippen LogP contribution in [0, 0.1) is 11.6 Å². The number of fused-ring (bicyclic) bond motifs is 1. The average Bonchev–Trinajstić information content (AvgIpc) is 3.39. The van der Waals surface area contributed by atoms with Gasteiger partial charge in [0.25, 0.3) is 0 Å². The molecule has 0 unspecified atom stereocenters. The molecule has 0 atom stereocenters. The Bertz CT molecular complexity index is 1310. The second-order valence-electron chi connectivity index (χ2n) is 8.28. The number of hydrogen-bond donors (Lipinski definition) is 1. The second kappa shape index (κ2) is 9.69. The van der Waals surface area contributed by atoms with E-state index in [4.69, 9.17) is 9.72 Å². The predicted octanol–water partition coefficient (Wildman–Crippen LogP) is 5.15. The van der Waals surface area contributed by atoms with Crippen molar-refractivity contribution in [3.8, 4) is 28.3 Å². The van der Waals surface area contributed by atoms with Gasteiger partial charge in [-0.15, -0.1) is 0 Å². The summed E-state index contributed by atoms with van der Waals surface area (Å²) in [6.07, 6.45) is 5.83. The maximum absolute atomic E-state index is 14.0. The fraction of sp³-hybridized carbons (Fsp3) is 0.269. The number of benzene rings is 2. The topological polar surface area (TPSA) is 63.2 Å². The van der Waals surface area contributed by atoms with Crippen molar-refractivity contribution >= 4 is 16.7 Å². The van der Waals surface area contributed by atoms with Gasteiger partial charge in [0.15, 0.2) is 17.5 Å². The van der Waals surface area contributed by atoms with Crippen molar-refractivity contribution < 1.29 is 13.5 Å². The highest BCUT2D eigenvalue weighted by atomic mass is 19.2. The Morgan fingerprint density at radius 3 is 2.56 bits per heavy atom. The summed E-state index contributed by atoms with van der Waals surface area (Å²) in [6.45, 7) is 3.47. The van der Waals surface area contributed by atoms with Crippen molar-refractivity contribution in [2.24, 2.45) is 0 Å². The average molecular weight is 462 g/mol. The molecule has 34 heavy (non-hydrogen) atoms. The zero-order chi connectivity index (χ0) is 23.5. The van der Waals surface area contributed by atoms with Crippen LogP contribution in [0.5, 0.6) is 5.75 Å². The van der Waals surface area contributed by atoms with Gasteiger partial charge in [-0.05, 0) is 73.5 Å². The van der Waals surface area contributed by atoms with E-state index in [0.717, 1.165) is 36.7 Å². The van der Waals surface area contributed by atoms with Gasteiger partial charge in [-0.3, -0.25) is 9.88 Å². The smallest absolute Gasteiger partial charge is 0.163 e. The molecule has 0 spiro atoms. The summed E-state index contributed by atoms with van der Waals surface area (Å²) in [5.74, 6) is -0.0776. The Labute approximate surface area is 196 Å². The highest BCUT2D eigenvalue weighted by Crippen LogP contribution is 2.36. The van der Waals surface area contributed by atoms with Crippen molar-refractivity contribution in [1.82, 2.24) is 19.9 Å². The Balaban J connectivity index is 1.62. The van der Waals surface area contributed by atoms with E-state index in [9.17, 15) is 8.78 Å². The standard InChI is InChI=1S/C26H25F2N5O/c1-29-26-20-13-19(17-6-7-21(27)22(28)14-17)15-23(34-12-11-33-9-2-3-10-33)24(20)31-25(32-26)18-5-4-8-30-16-18/h4-8,13-16H,2-3,9-12H2,1H3,(H,29,31,32). The fourth-order valence-corrected chi connectivity index (χ4v) is 4.26. The molecule has 2 aromatic heterocycles. The summed E-state index contributed by atoms with van der Waals surface area (Å²) >= 11 is 0. The van der Waals surface area contributed by atoms with E-state index < -0.39 is 11.6 Å². The number of halogens is 2. The summed E-state index contributed by atoms with van der Waals surface area (Å²) in [7, 11) is 1.78. The van der Waals surface area contributed by atoms with Crippen LogP contribution in [0.4, 0.5) is 14.6 Å². The normalized spacial score (nSPS) is 14.0. The lowest BCUT2D eigenvalue weighted by Gasteiger charge is -2.17. The minimum atomic E-state index is -0.897. The van der Waals surface area contributed by atoms with Crippen LogP contribution in [-0.4, -0.2) is 53.1 Å². The molecule has 0 radical (unpaired) electrons. The molecule has 1 N–H and O–H groups in total. The predicted molar refractivity (Wildman–Crippen MR) is 129 cm³/mol. The van der Waals surface area contributed by atoms with Crippen LogP contribution < -0.4 is 10.1 Å². The van der Waals surface area contributed by atoms with Gasteiger partial charge in [0, 0.05) is 36.9 Å². The quantitative estimate of drug-likeness (QED) is 0.411. The third kappa shape index (κ3) is 4.54. The molecule has 1 saturated heterocycles. The van der Waals surface area contributed by atoms with Gasteiger partial charge in [-0.1, -0.05) is 6.07 Å². The van der Waals surface area contributed by atoms with Gasteiger partial charge in [0.1, 0.15) is 23.7 Å². The molecular formula is C26H25F2N5O. The van der Waals surface area contributed by atoms with Gasteiger partial charge in [-0.2, -0.15) is 0 Å². The van der Waals surface area contributed by atoms with E-state index in [1.165, 1.54) is 18.9 Å². The van der Waals surface area contributed by atoms with Crippen molar-refractivity contribution in [3.63, 3.8) is 0 Å². The number of likely N-dealkylation sites (tertiary alicyclic amines) is 1. The Kier molecular flexibility index (Phi) is 6.31. The molecule has 1 aliphatic heterocycles. The van der Waals surface area contributed by atoms with Crippen molar-refractivity contribution in [1.29, 1.82) is 0 Å². The fourth-order valence-electron chi connectivity index (χ4n) is 4.26. The van der Waals surface area contributed by atoms with Crippen LogP contribution in [0.25, 0.3) is 33.4 Å². The van der Waals surface area contributed by atoms with Crippen molar-refractivity contribution in [2.75, 3.05) is 38.6 Å². The number of nitrogens with zero attached hydrogens (tertiary/aromatic N) is 4. The van der Waals surface area contributed by atoms with E-state index in [0.29, 0.717) is 40.6 Å². The van der Waals surface area contributed by atoms with Crippen LogP contribution >= 0.6 is 0 Å². The number of ether oxygens (including phenoxy) is 1. The molecule has 0 aliphatic carbocycles. The van der Waals surface area contributed by atoms with Crippen LogP contribution in [0.2, 0.25) is 0 Å². The first-order chi connectivity index (χ1) is 16.6. The third-order valence-corrected chi connectivity index (χ3v) is 6.04. The third-order valence-electron chi connectivity index (χ3n) is 6.04. The molecule has 8 heteroatoms. The van der Waals surface area contributed by atoms with Gasteiger partial charge in [-0.25, -0.2) is 18.7 Å². The van der Waals surface area contributed by atoms with E-state index in [2.05, 4.69) is 20.2 Å². The summed E-state index contributed by atoms with van der Waals surface area (Å²) in [4.78, 5) is 16.0. The lowest BCUT2D eigenvalue weighted by molar-refractivity contribution is 0.239. The number of nitrogens with one attached hydrogen (secondary N) is 1. The molecular weight excluding hydrogens is 436 g/mol. The zero-order valence-electron chi connectivity index (χ0n) is 18.9. The summed E-state index contributed by atoms with van der Waals surface area (Å²) in [5.41, 5.74) is 2.67. The molecule has 0 saturated carbocycles. The number of rotatable bonds is 7. The van der Waals surface area contributed by atoms with E-state index in [1.54, 1.807) is 25.5 Å². The lowest BCUT2D eigenvalue weighted by Crippen LogP contribution is -2.25. The summed E-state index contributed by atoms with van der Waals surface area (Å²) in [6, 6.07) is 11.3. The van der Waals surface area contributed by atoms with Crippen molar-refractivity contribution in [3.05, 3.63) is 66.5 Å². The molecule has 1 aliphatic rings. The zero-order valence-corrected chi connectivity index (χ0v) is 18.9. The number of pyridine rings is 1. The first kappa shape index (κ1) is 22.2. The highest BCUT2D eigenvalue weighted by molar-refractivity contribution is 5.97. The minimum absolute atomic E-state index is 0.497. The van der Waals surface area contributed by atoms with Gasteiger partial charge >= 0.3 is 0 Å².